The predicted molar refractivity (Wildman–Crippen MR) is 57.5 cm³/mol. The maximum atomic E-state index is 12.2. The largest absolute Gasteiger partial charge is 0.479 e. The van der Waals surface area contributed by atoms with Crippen molar-refractivity contribution < 1.29 is 37.7 Å². The summed E-state index contributed by atoms with van der Waals surface area (Å²) in [7, 11) is 0. The van der Waals surface area contributed by atoms with Crippen LogP contribution in [0.5, 0.6) is 0 Å². The smallest absolute Gasteiger partial charge is 0.407 e. The van der Waals surface area contributed by atoms with Gasteiger partial charge in [-0.2, -0.15) is 13.2 Å². The fraction of sp³-hybridized carbons (Fsp3) is 0.800. The minimum absolute atomic E-state index is 0.957. The van der Waals surface area contributed by atoms with E-state index in [-0.39, 0.29) is 0 Å². The first-order valence-electron chi connectivity index (χ1n) is 5.29. The lowest BCUT2D eigenvalue weighted by atomic mass is 10.1. The molecule has 9 heteroatoms. The Hall–Kier alpha value is -1.51. The van der Waals surface area contributed by atoms with E-state index >= 15 is 0 Å². The van der Waals surface area contributed by atoms with Crippen LogP contribution in [0.1, 0.15) is 27.2 Å². The Morgan fingerprint density at radius 2 is 1.74 bits per heavy atom. The average molecular weight is 287 g/mol. The third-order valence-electron chi connectivity index (χ3n) is 1.79. The number of carbonyl (C=O) groups is 2. The molecule has 3 N–H and O–H groups in total. The van der Waals surface area contributed by atoms with Gasteiger partial charge in [0.05, 0.1) is 12.5 Å². The molecule has 112 valence electrons. The Morgan fingerprint density at radius 1 is 1.26 bits per heavy atom. The number of alkyl carbamates (subject to hydrolysis) is 1. The number of carboxylic acids is 1. The van der Waals surface area contributed by atoms with E-state index in [9.17, 15) is 22.8 Å². The number of amides is 1. The molecule has 0 bridgehead atoms. The van der Waals surface area contributed by atoms with Crippen molar-refractivity contribution in [3.05, 3.63) is 0 Å². The number of halogens is 3. The summed E-state index contributed by atoms with van der Waals surface area (Å²) in [6.07, 6.45) is -10.0. The van der Waals surface area contributed by atoms with Crippen molar-refractivity contribution in [3.8, 4) is 0 Å². The Bertz CT molecular complexity index is 337. The lowest BCUT2D eigenvalue weighted by molar-refractivity contribution is -0.159. The number of aliphatic carboxylic acids is 1. The molecule has 0 rings (SSSR count). The molecule has 19 heavy (non-hydrogen) atoms. The van der Waals surface area contributed by atoms with E-state index in [0.29, 0.717) is 0 Å². The highest BCUT2D eigenvalue weighted by atomic mass is 19.4. The van der Waals surface area contributed by atoms with Gasteiger partial charge in [-0.25, -0.2) is 9.59 Å². The van der Waals surface area contributed by atoms with Crippen LogP contribution in [0.4, 0.5) is 18.0 Å². The number of aliphatic hydroxyl groups is 1. The van der Waals surface area contributed by atoms with Gasteiger partial charge in [0.25, 0.3) is 0 Å². The highest BCUT2D eigenvalue weighted by Crippen LogP contribution is 2.23. The van der Waals surface area contributed by atoms with Crippen molar-refractivity contribution in [2.75, 3.05) is 0 Å². The van der Waals surface area contributed by atoms with Crippen LogP contribution in [-0.2, 0) is 9.53 Å². The molecule has 1 unspecified atom stereocenters. The summed E-state index contributed by atoms with van der Waals surface area (Å²) < 4.78 is 41.4. The van der Waals surface area contributed by atoms with Crippen molar-refractivity contribution in [1.82, 2.24) is 5.32 Å². The molecule has 0 saturated heterocycles. The fourth-order valence-electron chi connectivity index (χ4n) is 1.12. The van der Waals surface area contributed by atoms with E-state index < -0.39 is 42.4 Å². The minimum Gasteiger partial charge on any atom is -0.479 e. The molecular formula is C10H16F3NO5. The molecule has 1 amide bonds. The molecule has 0 aromatic rings. The van der Waals surface area contributed by atoms with Crippen molar-refractivity contribution in [3.63, 3.8) is 0 Å². The number of hydrogen-bond donors (Lipinski definition) is 3. The Balaban J connectivity index is 4.77. The summed E-state index contributed by atoms with van der Waals surface area (Å²) in [5, 5.41) is 19.3. The zero-order valence-electron chi connectivity index (χ0n) is 10.6. The Kier molecular flexibility index (Phi) is 5.61. The van der Waals surface area contributed by atoms with Gasteiger partial charge in [-0.15, -0.1) is 0 Å². The topological polar surface area (TPSA) is 95.9 Å². The minimum atomic E-state index is -4.74. The number of nitrogens with one attached hydrogen (secondary N) is 1. The average Bonchev–Trinajstić information content (AvgIpc) is 2.09. The molecule has 0 aromatic carbocycles. The van der Waals surface area contributed by atoms with Gasteiger partial charge < -0.3 is 20.3 Å². The van der Waals surface area contributed by atoms with Crippen molar-refractivity contribution in [2.45, 2.75) is 51.1 Å². The van der Waals surface area contributed by atoms with Crippen LogP contribution in [0.3, 0.4) is 0 Å². The molecule has 0 spiro atoms. The highest BCUT2D eigenvalue weighted by Gasteiger charge is 2.39. The van der Waals surface area contributed by atoms with Gasteiger partial charge in [0.1, 0.15) is 5.60 Å². The summed E-state index contributed by atoms with van der Waals surface area (Å²) in [5.41, 5.74) is -0.957. The van der Waals surface area contributed by atoms with Crippen molar-refractivity contribution in [1.29, 1.82) is 0 Å². The van der Waals surface area contributed by atoms with Gasteiger partial charge in [0.2, 0.25) is 0 Å². The first kappa shape index (κ1) is 17.5. The standard InChI is InChI=1S/C10H16F3NO5/c1-9(2,3)19-8(18)14-5(4-10(11,12)13)6(15)7(16)17/h5-6,15H,4H2,1-3H3,(H,14,18)(H,16,17)/t5-,6?/m0/s1. The molecule has 0 aliphatic carbocycles. The third-order valence-corrected chi connectivity index (χ3v) is 1.79. The normalized spacial score (nSPS) is 15.5. The van der Waals surface area contributed by atoms with Gasteiger partial charge in [-0.1, -0.05) is 0 Å². The van der Waals surface area contributed by atoms with E-state index in [0.717, 1.165) is 0 Å². The maximum Gasteiger partial charge on any atom is 0.407 e. The second kappa shape index (κ2) is 6.09. The zero-order valence-corrected chi connectivity index (χ0v) is 10.6. The summed E-state index contributed by atoms with van der Waals surface area (Å²) in [4.78, 5) is 21.8. The second-order valence-electron chi connectivity index (χ2n) is 4.86. The lowest BCUT2D eigenvalue weighted by Crippen LogP contribution is -2.50. The summed E-state index contributed by atoms with van der Waals surface area (Å²) in [5.74, 6) is -1.87. The van der Waals surface area contributed by atoms with Gasteiger partial charge in [-0.3, -0.25) is 0 Å². The summed E-state index contributed by atoms with van der Waals surface area (Å²) in [6.45, 7) is 4.46. The van der Waals surface area contributed by atoms with Crippen molar-refractivity contribution in [2.24, 2.45) is 0 Å². The van der Waals surface area contributed by atoms with Crippen LogP contribution in [-0.4, -0.2) is 46.2 Å². The van der Waals surface area contributed by atoms with E-state index in [2.05, 4.69) is 0 Å². The predicted octanol–water partition coefficient (Wildman–Crippen LogP) is 1.28. The molecule has 0 aliphatic heterocycles. The number of carbonyl (C=O) groups excluding carboxylic acids is 1. The fourth-order valence-corrected chi connectivity index (χ4v) is 1.12. The summed E-state index contributed by atoms with van der Waals surface area (Å²) >= 11 is 0. The monoisotopic (exact) mass is 287 g/mol. The molecular weight excluding hydrogens is 271 g/mol. The Morgan fingerprint density at radius 3 is 2.05 bits per heavy atom. The number of ether oxygens (including phenoxy) is 1. The van der Waals surface area contributed by atoms with E-state index in [1.807, 2.05) is 0 Å². The number of rotatable bonds is 4. The molecule has 0 aromatic heterocycles. The van der Waals surface area contributed by atoms with Crippen molar-refractivity contribution >= 4 is 12.1 Å². The number of hydrogen-bond acceptors (Lipinski definition) is 4. The van der Waals surface area contributed by atoms with Gasteiger partial charge in [0, 0.05) is 0 Å². The first-order chi connectivity index (χ1) is 8.32. The molecule has 6 nitrogen and oxygen atoms in total. The van der Waals surface area contributed by atoms with Gasteiger partial charge in [-0.05, 0) is 20.8 Å². The van der Waals surface area contributed by atoms with Crippen LogP contribution in [0.2, 0.25) is 0 Å². The maximum absolute atomic E-state index is 12.2. The second-order valence-corrected chi connectivity index (χ2v) is 4.86. The molecule has 0 aliphatic rings. The number of aliphatic hydroxyl groups excluding tert-OH is 1. The van der Waals surface area contributed by atoms with Crippen LogP contribution >= 0.6 is 0 Å². The first-order valence-corrected chi connectivity index (χ1v) is 5.29. The van der Waals surface area contributed by atoms with Crippen LogP contribution < -0.4 is 5.32 Å². The Labute approximate surface area is 107 Å². The van der Waals surface area contributed by atoms with Crippen LogP contribution in [0.25, 0.3) is 0 Å². The lowest BCUT2D eigenvalue weighted by Gasteiger charge is -2.25. The molecule has 0 heterocycles. The van der Waals surface area contributed by atoms with Crippen LogP contribution in [0, 0.1) is 0 Å². The van der Waals surface area contributed by atoms with Crippen LogP contribution in [0.15, 0.2) is 0 Å². The highest BCUT2D eigenvalue weighted by molar-refractivity contribution is 5.75. The zero-order chi connectivity index (χ0) is 15.4. The molecule has 0 saturated carbocycles. The van der Waals surface area contributed by atoms with E-state index in [4.69, 9.17) is 14.9 Å². The van der Waals surface area contributed by atoms with E-state index in [1.165, 1.54) is 20.8 Å². The molecule has 0 fully saturated rings. The SMILES string of the molecule is CC(C)(C)OC(=O)N[C@@H](CC(F)(F)F)C(O)C(=O)O. The number of alkyl halides is 3. The quantitative estimate of drug-likeness (QED) is 0.724. The van der Waals surface area contributed by atoms with Gasteiger partial charge in [0.15, 0.2) is 6.10 Å². The number of carboxylic acid groups (broad SMARTS) is 1. The molecule has 0 radical (unpaired) electrons. The third kappa shape index (κ3) is 8.25. The van der Waals surface area contributed by atoms with E-state index in [1.54, 1.807) is 5.32 Å². The van der Waals surface area contributed by atoms with Gasteiger partial charge >= 0.3 is 18.2 Å². The summed E-state index contributed by atoms with van der Waals surface area (Å²) in [6, 6.07) is -2.02. The molecule has 2 atom stereocenters.